The van der Waals surface area contributed by atoms with E-state index in [2.05, 4.69) is 15.9 Å². The summed E-state index contributed by atoms with van der Waals surface area (Å²) in [5.41, 5.74) is 0. The third kappa shape index (κ3) is 4.75. The molecule has 0 aliphatic rings. The summed E-state index contributed by atoms with van der Waals surface area (Å²) in [6.07, 6.45) is -4.96. The molecule has 0 saturated carbocycles. The van der Waals surface area contributed by atoms with Crippen molar-refractivity contribution in [3.05, 3.63) is 0 Å². The average molecular weight is 205 g/mol. The number of alkyl halides is 4. The molecule has 2 unspecified atom stereocenters. The average Bonchev–Trinajstić information content (AvgIpc) is 1.63. The molecule has 0 heterocycles. The Morgan fingerprint density at radius 1 is 1.33 bits per heavy atom. The van der Waals surface area contributed by atoms with Gasteiger partial charge in [0.1, 0.15) is 0 Å². The van der Waals surface area contributed by atoms with Crippen LogP contribution in [0.4, 0.5) is 13.2 Å². The Kier molecular flexibility index (Phi) is 4.27. The number of rotatable bonds is 3. The second-order valence-electron chi connectivity index (χ2n) is 1.87. The molecule has 0 nitrogen and oxygen atoms in total. The van der Waals surface area contributed by atoms with Crippen LogP contribution in [0.15, 0.2) is 0 Å². The first-order valence-electron chi connectivity index (χ1n) is 2.60. The van der Waals surface area contributed by atoms with Crippen molar-refractivity contribution in [1.82, 2.24) is 0 Å². The highest BCUT2D eigenvalue weighted by atomic mass is 79.9. The van der Waals surface area contributed by atoms with Gasteiger partial charge in [-0.3, -0.25) is 0 Å². The summed E-state index contributed by atoms with van der Waals surface area (Å²) in [5.74, 6) is 0. The summed E-state index contributed by atoms with van der Waals surface area (Å²) in [5, 5.41) is 0. The Labute approximate surface area is 60.6 Å². The Morgan fingerprint density at radius 2 is 1.78 bits per heavy atom. The zero-order valence-electron chi connectivity index (χ0n) is 4.95. The molecule has 0 fully saturated rings. The van der Waals surface area contributed by atoms with Crippen molar-refractivity contribution in [2.24, 2.45) is 0 Å². The van der Waals surface area contributed by atoms with Gasteiger partial charge in [0.05, 0.1) is 0 Å². The van der Waals surface area contributed by atoms with Crippen molar-refractivity contribution in [3.63, 3.8) is 0 Å². The van der Waals surface area contributed by atoms with Gasteiger partial charge in [0.25, 0.3) is 6.43 Å². The summed E-state index contributed by atoms with van der Waals surface area (Å²) in [6.45, 7) is 1.63. The molecule has 0 bridgehead atoms. The molecule has 0 N–H and O–H groups in total. The van der Waals surface area contributed by atoms with Crippen molar-refractivity contribution >= 4 is 15.9 Å². The van der Waals surface area contributed by atoms with Gasteiger partial charge in [-0.15, -0.1) is 0 Å². The molecule has 9 heavy (non-hydrogen) atoms. The van der Waals surface area contributed by atoms with Crippen molar-refractivity contribution < 1.29 is 13.2 Å². The lowest BCUT2D eigenvalue weighted by atomic mass is 10.2. The van der Waals surface area contributed by atoms with Crippen LogP contribution in [0.25, 0.3) is 0 Å². The van der Waals surface area contributed by atoms with E-state index in [1.54, 1.807) is 6.92 Å². The molecular weight excluding hydrogens is 197 g/mol. The quantitative estimate of drug-likeness (QED) is 0.621. The van der Waals surface area contributed by atoms with E-state index in [0.29, 0.717) is 0 Å². The van der Waals surface area contributed by atoms with Crippen molar-refractivity contribution in [2.45, 2.75) is 30.8 Å². The third-order valence-corrected chi connectivity index (χ3v) is 1.20. The summed E-state index contributed by atoms with van der Waals surface area (Å²) >= 11 is 2.97. The first-order valence-corrected chi connectivity index (χ1v) is 3.52. The molecule has 0 saturated heterocycles. The first-order chi connectivity index (χ1) is 4.04. The van der Waals surface area contributed by atoms with Gasteiger partial charge in [-0.25, -0.2) is 13.2 Å². The van der Waals surface area contributed by atoms with Crippen LogP contribution in [-0.4, -0.2) is 17.4 Å². The summed E-state index contributed by atoms with van der Waals surface area (Å²) in [7, 11) is 0. The van der Waals surface area contributed by atoms with E-state index < -0.39 is 12.6 Å². The van der Waals surface area contributed by atoms with Crippen LogP contribution in [0.5, 0.6) is 0 Å². The molecule has 0 spiro atoms. The smallest absolute Gasteiger partial charge is 0.241 e. The molecule has 4 heteroatoms. The van der Waals surface area contributed by atoms with Gasteiger partial charge < -0.3 is 0 Å². The standard InChI is InChI=1S/C5H8BrF3/c1-3(6)2-4(7)5(8)9/h3-5H,2H2,1H3. The van der Waals surface area contributed by atoms with Crippen molar-refractivity contribution in [3.8, 4) is 0 Å². The normalized spacial score (nSPS) is 18.0. The molecule has 0 rings (SSSR count). The van der Waals surface area contributed by atoms with Crippen LogP contribution < -0.4 is 0 Å². The summed E-state index contributed by atoms with van der Waals surface area (Å²) < 4.78 is 34.8. The molecule has 0 aliphatic heterocycles. The molecule has 56 valence electrons. The van der Waals surface area contributed by atoms with Crippen molar-refractivity contribution in [1.29, 1.82) is 0 Å². The Bertz CT molecular complexity index is 74.6. The van der Waals surface area contributed by atoms with E-state index in [-0.39, 0.29) is 11.2 Å². The number of halogens is 4. The zero-order valence-corrected chi connectivity index (χ0v) is 6.54. The van der Waals surface area contributed by atoms with Crippen LogP contribution in [0.3, 0.4) is 0 Å². The minimum atomic E-state index is -2.84. The highest BCUT2D eigenvalue weighted by molar-refractivity contribution is 9.09. The predicted molar refractivity (Wildman–Crippen MR) is 33.9 cm³/mol. The van der Waals surface area contributed by atoms with Gasteiger partial charge in [0.15, 0.2) is 6.17 Å². The van der Waals surface area contributed by atoms with Crippen LogP contribution in [0.2, 0.25) is 0 Å². The lowest BCUT2D eigenvalue weighted by Crippen LogP contribution is -2.15. The largest absolute Gasteiger partial charge is 0.269 e. The van der Waals surface area contributed by atoms with E-state index >= 15 is 0 Å². The molecule has 0 aromatic rings. The summed E-state index contributed by atoms with van der Waals surface area (Å²) in [4.78, 5) is -0.179. The van der Waals surface area contributed by atoms with Gasteiger partial charge in [0, 0.05) is 4.83 Å². The van der Waals surface area contributed by atoms with Gasteiger partial charge in [0.2, 0.25) is 0 Å². The molecule has 0 aromatic carbocycles. The van der Waals surface area contributed by atoms with E-state index in [1.807, 2.05) is 0 Å². The van der Waals surface area contributed by atoms with Gasteiger partial charge in [-0.2, -0.15) is 0 Å². The second kappa shape index (κ2) is 4.14. The fraction of sp³-hybridized carbons (Fsp3) is 1.00. The first kappa shape index (κ1) is 9.27. The highest BCUT2D eigenvalue weighted by Gasteiger charge is 2.20. The van der Waals surface area contributed by atoms with E-state index in [4.69, 9.17) is 0 Å². The Hall–Kier alpha value is 0.270. The SMILES string of the molecule is CC(Br)CC(F)C(F)F. The molecule has 0 aromatic heterocycles. The maximum atomic E-state index is 12.0. The van der Waals surface area contributed by atoms with E-state index in [1.165, 1.54) is 0 Å². The number of hydrogen-bond acceptors (Lipinski definition) is 0. The summed E-state index contributed by atoms with van der Waals surface area (Å²) in [6, 6.07) is 0. The zero-order chi connectivity index (χ0) is 7.44. The minimum absolute atomic E-state index is 0.127. The van der Waals surface area contributed by atoms with E-state index in [9.17, 15) is 13.2 Å². The van der Waals surface area contributed by atoms with Crippen LogP contribution in [0.1, 0.15) is 13.3 Å². The molecule has 2 atom stereocenters. The van der Waals surface area contributed by atoms with Gasteiger partial charge in [-0.1, -0.05) is 22.9 Å². The highest BCUT2D eigenvalue weighted by Crippen LogP contribution is 2.15. The lowest BCUT2D eigenvalue weighted by Gasteiger charge is -2.06. The topological polar surface area (TPSA) is 0 Å². The fourth-order valence-electron chi connectivity index (χ4n) is 0.413. The van der Waals surface area contributed by atoms with E-state index in [0.717, 1.165) is 0 Å². The van der Waals surface area contributed by atoms with Crippen LogP contribution in [0, 0.1) is 0 Å². The molecular formula is C5H8BrF3. The predicted octanol–water partition coefficient (Wildman–Crippen LogP) is 2.76. The molecule has 0 radical (unpaired) electrons. The maximum Gasteiger partial charge on any atom is 0.269 e. The van der Waals surface area contributed by atoms with Gasteiger partial charge >= 0.3 is 0 Å². The second-order valence-corrected chi connectivity index (χ2v) is 3.43. The maximum absolute atomic E-state index is 12.0. The monoisotopic (exact) mass is 204 g/mol. The van der Waals surface area contributed by atoms with Crippen molar-refractivity contribution in [2.75, 3.05) is 0 Å². The number of hydrogen-bond donors (Lipinski definition) is 0. The van der Waals surface area contributed by atoms with Crippen LogP contribution >= 0.6 is 15.9 Å². The lowest BCUT2D eigenvalue weighted by molar-refractivity contribution is 0.0461. The van der Waals surface area contributed by atoms with Gasteiger partial charge in [-0.05, 0) is 6.42 Å². The molecule has 0 aliphatic carbocycles. The Morgan fingerprint density at radius 3 is 1.89 bits per heavy atom. The Balaban J connectivity index is 3.38. The third-order valence-electron chi connectivity index (χ3n) is 0.823. The fourth-order valence-corrected chi connectivity index (χ4v) is 0.770. The molecule has 0 amide bonds. The minimum Gasteiger partial charge on any atom is -0.241 e. The van der Waals surface area contributed by atoms with Crippen LogP contribution in [-0.2, 0) is 0 Å².